The van der Waals surface area contributed by atoms with Gasteiger partial charge in [-0.1, -0.05) is 237 Å². The third kappa shape index (κ3) is 12.8. The minimum Gasteiger partial charge on any atom is -0.497 e. The Labute approximate surface area is 807 Å². The molecule has 138 heavy (non-hydrogen) atoms. The second-order valence-electron chi connectivity index (χ2n) is 40.1. The number of hydrogen-bond acceptors (Lipinski definition) is 8. The Morgan fingerprint density at radius 2 is 0.377 bits per heavy atom. The van der Waals surface area contributed by atoms with Gasteiger partial charge in [-0.3, -0.25) is 0 Å². The standard InChI is InChI=1S/C128H106N6O4/c1-125(2)109-35-23-19-31-97(109)101-63-47-89(75-113(101)125)129(81-39-55-93(135-9)56-40-81)85-51-67-117-105(71-85)106-72-86(130(82-41-57-94(136-10)58-42-82)90-48-64-102-98-32-20-24-36-110(98)126(3,4)114(102)76-90)52-68-118(106)133(117)123-121(79-27-15-13-16-28-79)122(80-29-17-14-18-30-80)124(123)134-119-69-53-87(131(83-43-59-95(137-11)60-44-83)91-49-65-103-99-33-21-25-37-111(99)127(5,6)115(103)77-91)73-107(119)108-74-88(54-70-120(108)134)132(84-45-61-96(138-12)62-46-84)92-50-66-104-100-34-22-26-38-112(100)128(7,8)116(104)78-92/h13-78,121-124H,1-12H3. The summed E-state index contributed by atoms with van der Waals surface area (Å²) < 4.78 is 29.4. The number of rotatable bonds is 20. The first-order valence-electron chi connectivity index (χ1n) is 48.3. The fraction of sp³-hybridized carbons (Fsp3) is 0.156. The highest BCUT2D eigenvalue weighted by Gasteiger charge is 2.56. The summed E-state index contributed by atoms with van der Waals surface area (Å²) in [6.45, 7) is 19.0. The van der Waals surface area contributed by atoms with Crippen LogP contribution in [0.15, 0.2) is 400 Å². The van der Waals surface area contributed by atoms with E-state index in [0.29, 0.717) is 0 Å². The van der Waals surface area contributed by atoms with E-state index in [-0.39, 0.29) is 45.6 Å². The molecule has 10 heteroatoms. The van der Waals surface area contributed by atoms with E-state index in [0.717, 1.165) is 135 Å². The summed E-state index contributed by atoms with van der Waals surface area (Å²) in [5, 5.41) is 4.49. The van der Waals surface area contributed by atoms with Crippen LogP contribution in [0.5, 0.6) is 23.0 Å². The summed E-state index contributed by atoms with van der Waals surface area (Å²) in [7, 11) is 6.99. The van der Waals surface area contributed by atoms with Gasteiger partial charge in [-0.25, -0.2) is 0 Å². The van der Waals surface area contributed by atoms with Crippen LogP contribution in [0.1, 0.15) is 135 Å². The maximum atomic E-state index is 5.96. The molecule has 0 N–H and O–H groups in total. The van der Waals surface area contributed by atoms with Crippen molar-refractivity contribution in [3.8, 4) is 67.5 Å². The highest BCUT2D eigenvalue weighted by atomic mass is 16.5. The molecule has 672 valence electrons. The van der Waals surface area contributed by atoms with Crippen molar-refractivity contribution in [1.29, 1.82) is 0 Å². The average Bonchev–Trinajstić information content (AvgIpc) is 1.49. The molecular weight excluding hydrogens is 1690 g/mol. The molecule has 0 amide bonds. The van der Waals surface area contributed by atoms with E-state index in [1.807, 2.05) is 0 Å². The summed E-state index contributed by atoms with van der Waals surface area (Å²) in [5.41, 5.74) is 39.1. The summed E-state index contributed by atoms with van der Waals surface area (Å²) in [6, 6.07) is 150. The van der Waals surface area contributed by atoms with Gasteiger partial charge in [0.25, 0.3) is 0 Å². The van der Waals surface area contributed by atoms with Crippen LogP contribution >= 0.6 is 0 Å². The van der Waals surface area contributed by atoms with Crippen LogP contribution in [-0.4, -0.2) is 37.6 Å². The van der Waals surface area contributed by atoms with Crippen molar-refractivity contribution < 1.29 is 18.9 Å². The van der Waals surface area contributed by atoms with Gasteiger partial charge in [0.05, 0.1) is 40.5 Å². The minimum absolute atomic E-state index is 0.0753. The van der Waals surface area contributed by atoms with Crippen LogP contribution in [0.25, 0.3) is 88.1 Å². The topological polar surface area (TPSA) is 59.7 Å². The summed E-state index contributed by atoms with van der Waals surface area (Å²) in [5.74, 6) is 3.01. The fourth-order valence-electron chi connectivity index (χ4n) is 24.8. The molecule has 4 atom stereocenters. The van der Waals surface area contributed by atoms with Crippen molar-refractivity contribution in [1.82, 2.24) is 9.13 Å². The summed E-state index contributed by atoms with van der Waals surface area (Å²) in [6.07, 6.45) is 0. The third-order valence-corrected chi connectivity index (χ3v) is 31.6. The molecule has 5 aliphatic carbocycles. The quantitative estimate of drug-likeness (QED) is 0.0748. The molecule has 18 aromatic carbocycles. The fourth-order valence-corrected chi connectivity index (χ4v) is 24.8. The zero-order chi connectivity index (χ0) is 93.5. The predicted molar refractivity (Wildman–Crippen MR) is 571 cm³/mol. The lowest BCUT2D eigenvalue weighted by Gasteiger charge is -2.54. The van der Waals surface area contributed by atoms with Gasteiger partial charge in [-0.15, -0.1) is 0 Å². The molecule has 1 fully saturated rings. The number of anilines is 12. The van der Waals surface area contributed by atoms with Crippen molar-refractivity contribution in [3.63, 3.8) is 0 Å². The van der Waals surface area contributed by atoms with Crippen molar-refractivity contribution in [2.75, 3.05) is 48.0 Å². The number of fused-ring (bicyclic) bond motifs is 18. The highest BCUT2D eigenvalue weighted by Crippen LogP contribution is 2.67. The zero-order valence-corrected chi connectivity index (χ0v) is 79.7. The molecule has 0 radical (unpaired) electrons. The second-order valence-corrected chi connectivity index (χ2v) is 40.1. The number of nitrogens with zero attached hydrogens (tertiary/aromatic N) is 6. The van der Waals surface area contributed by atoms with E-state index in [1.54, 1.807) is 28.4 Å². The van der Waals surface area contributed by atoms with Crippen LogP contribution in [0.4, 0.5) is 68.2 Å². The second kappa shape index (κ2) is 31.8. The molecule has 2 aromatic heterocycles. The summed E-state index contributed by atoms with van der Waals surface area (Å²) >= 11 is 0. The molecule has 20 aromatic rings. The minimum atomic E-state index is -0.264. The lowest BCUT2D eigenvalue weighted by atomic mass is 9.59. The molecule has 0 saturated heterocycles. The Kier molecular flexibility index (Phi) is 19.3. The Morgan fingerprint density at radius 1 is 0.188 bits per heavy atom. The molecule has 1 saturated carbocycles. The number of aromatic nitrogens is 2. The molecule has 0 bridgehead atoms. The summed E-state index contributed by atoms with van der Waals surface area (Å²) in [4.78, 5) is 9.85. The third-order valence-electron chi connectivity index (χ3n) is 31.6. The number of ether oxygens (including phenoxy) is 4. The van der Waals surface area contributed by atoms with Crippen molar-refractivity contribution in [2.24, 2.45) is 0 Å². The number of hydrogen-bond donors (Lipinski definition) is 0. The molecule has 25 rings (SSSR count). The van der Waals surface area contributed by atoms with Gasteiger partial charge in [0.1, 0.15) is 23.0 Å². The van der Waals surface area contributed by atoms with Gasteiger partial charge < -0.3 is 47.7 Å². The Hall–Kier alpha value is -16.0. The zero-order valence-electron chi connectivity index (χ0n) is 79.7. The van der Waals surface area contributed by atoms with Crippen molar-refractivity contribution >= 4 is 112 Å². The molecular formula is C128H106N6O4. The molecule has 5 aliphatic rings. The molecule has 0 spiro atoms. The van der Waals surface area contributed by atoms with E-state index in [2.05, 4.69) is 485 Å². The van der Waals surface area contributed by atoms with E-state index in [1.165, 1.54) is 100 Å². The van der Waals surface area contributed by atoms with Gasteiger partial charge in [0.15, 0.2) is 0 Å². The van der Waals surface area contributed by atoms with Gasteiger partial charge in [0.2, 0.25) is 0 Å². The normalized spacial score (nSPS) is 16.5. The first-order chi connectivity index (χ1) is 67.3. The van der Waals surface area contributed by atoms with E-state index >= 15 is 0 Å². The van der Waals surface area contributed by atoms with Crippen LogP contribution in [0.3, 0.4) is 0 Å². The molecule has 2 heterocycles. The Balaban J connectivity index is 0.758. The SMILES string of the molecule is COc1ccc(N(c2ccc3c(c2)C(C)(C)c2ccccc2-3)c2ccc3c(c2)c2cc(N(c4ccc(OC)cc4)c4ccc5c(c4)C(C)(C)c4ccccc4-5)ccc2n3C2C(c3ccccc3)C(c3ccccc3)C2n2c3ccc(N(c4ccc(OC)cc4)c4ccc5c(c4)C(C)(C)c4ccccc4-5)cc3c3cc(N(c4ccc(OC)cc4)c4ccc5c(c4)C(C)(C)c4ccccc4-5)ccc32)cc1. The smallest absolute Gasteiger partial charge is 0.119 e. The highest BCUT2D eigenvalue weighted by molar-refractivity contribution is 6.14. The van der Waals surface area contributed by atoms with Gasteiger partial charge in [-0.2, -0.15) is 0 Å². The molecule has 10 nitrogen and oxygen atoms in total. The largest absolute Gasteiger partial charge is 0.497 e. The molecule has 4 unspecified atom stereocenters. The van der Waals surface area contributed by atoms with E-state index < -0.39 is 0 Å². The Morgan fingerprint density at radius 3 is 0.601 bits per heavy atom. The van der Waals surface area contributed by atoms with Crippen molar-refractivity contribution in [3.05, 3.63) is 456 Å². The Bertz CT molecular complexity index is 7380. The van der Waals surface area contributed by atoms with Crippen molar-refractivity contribution in [2.45, 2.75) is 101 Å². The van der Waals surface area contributed by atoms with Crippen LogP contribution in [-0.2, 0) is 21.7 Å². The maximum Gasteiger partial charge on any atom is 0.119 e. The average molecular weight is 1790 g/mol. The van der Waals surface area contributed by atoms with Crippen LogP contribution in [0.2, 0.25) is 0 Å². The lowest BCUT2D eigenvalue weighted by Crippen LogP contribution is -2.45. The number of benzene rings is 18. The predicted octanol–water partition coefficient (Wildman–Crippen LogP) is 33.4. The van der Waals surface area contributed by atoms with E-state index in [4.69, 9.17) is 18.9 Å². The maximum absolute atomic E-state index is 5.96. The van der Waals surface area contributed by atoms with Crippen LogP contribution < -0.4 is 38.5 Å². The lowest BCUT2D eigenvalue weighted by molar-refractivity contribution is 0.119. The van der Waals surface area contributed by atoms with Gasteiger partial charge in [-0.05, 0) is 319 Å². The van der Waals surface area contributed by atoms with E-state index in [9.17, 15) is 0 Å². The first kappa shape index (κ1) is 83.8. The van der Waals surface area contributed by atoms with Gasteiger partial charge >= 0.3 is 0 Å². The molecule has 0 aliphatic heterocycles. The van der Waals surface area contributed by atoms with Gasteiger partial charge in [0, 0.05) is 145 Å². The monoisotopic (exact) mass is 1790 g/mol. The number of methoxy groups -OCH3 is 4. The van der Waals surface area contributed by atoms with Crippen LogP contribution in [0, 0.1) is 0 Å². The first-order valence-corrected chi connectivity index (χ1v) is 48.3.